The summed E-state index contributed by atoms with van der Waals surface area (Å²) in [6, 6.07) is 7.94. The number of nitrogens with zero attached hydrogens (tertiary/aromatic N) is 4. The number of aromatic nitrogens is 3. The van der Waals surface area contributed by atoms with Crippen LogP contribution in [0.1, 0.15) is 34.2 Å². The van der Waals surface area contributed by atoms with Crippen molar-refractivity contribution in [3.8, 4) is 0 Å². The highest BCUT2D eigenvalue weighted by atomic mass is 16.2. The van der Waals surface area contributed by atoms with Gasteiger partial charge >= 0.3 is 0 Å². The molecule has 0 saturated heterocycles. The number of carbonyl (C=O) groups is 1. The lowest BCUT2D eigenvalue weighted by molar-refractivity contribution is 0.0758. The smallest absolute Gasteiger partial charge is 0.272 e. The van der Waals surface area contributed by atoms with E-state index < -0.39 is 0 Å². The van der Waals surface area contributed by atoms with Crippen LogP contribution in [0.15, 0.2) is 42.9 Å². The van der Waals surface area contributed by atoms with E-state index in [9.17, 15) is 4.79 Å². The zero-order chi connectivity index (χ0) is 17.1. The van der Waals surface area contributed by atoms with Crippen LogP contribution >= 0.6 is 0 Å². The molecule has 5 nitrogen and oxygen atoms in total. The lowest BCUT2D eigenvalue weighted by Crippen LogP contribution is -2.34. The molecule has 0 aliphatic heterocycles. The number of likely N-dealkylation sites (N-methyl/N-ethyl adjacent to an activating group) is 1. The van der Waals surface area contributed by atoms with E-state index in [1.165, 1.54) is 5.56 Å². The predicted octanol–water partition coefficient (Wildman–Crippen LogP) is 3.05. The maximum atomic E-state index is 13.1. The first kappa shape index (κ1) is 16.2. The third-order valence-corrected chi connectivity index (χ3v) is 4.23. The van der Waals surface area contributed by atoms with Gasteiger partial charge in [0, 0.05) is 31.7 Å². The van der Waals surface area contributed by atoms with Crippen molar-refractivity contribution in [3.05, 3.63) is 65.4 Å². The van der Waals surface area contributed by atoms with Gasteiger partial charge in [-0.1, -0.05) is 6.07 Å². The highest BCUT2D eigenvalue weighted by Gasteiger charge is 2.21. The molecule has 3 aromatic heterocycles. The van der Waals surface area contributed by atoms with E-state index in [0.29, 0.717) is 18.8 Å². The van der Waals surface area contributed by atoms with Gasteiger partial charge in [0.1, 0.15) is 11.3 Å². The number of fused-ring (bicyclic) bond motifs is 1. The third kappa shape index (κ3) is 3.15. The van der Waals surface area contributed by atoms with E-state index in [4.69, 9.17) is 0 Å². The average Bonchev–Trinajstić information content (AvgIpc) is 2.91. The second-order valence-corrected chi connectivity index (χ2v) is 5.97. The number of imidazole rings is 1. The minimum atomic E-state index is 0.0298. The molecule has 3 rings (SSSR count). The Morgan fingerprint density at radius 3 is 2.62 bits per heavy atom. The summed E-state index contributed by atoms with van der Waals surface area (Å²) in [6.45, 7) is 7.27. The van der Waals surface area contributed by atoms with Crippen molar-refractivity contribution < 1.29 is 4.79 Å². The number of carbonyl (C=O) groups excluding carboxylic acids is 1. The molecule has 5 heteroatoms. The quantitative estimate of drug-likeness (QED) is 0.725. The zero-order valence-corrected chi connectivity index (χ0v) is 14.4. The van der Waals surface area contributed by atoms with Crippen LogP contribution in [0.25, 0.3) is 5.65 Å². The van der Waals surface area contributed by atoms with Crippen molar-refractivity contribution in [1.82, 2.24) is 19.3 Å². The molecule has 3 aromatic rings. The van der Waals surface area contributed by atoms with Crippen molar-refractivity contribution in [2.45, 2.75) is 27.2 Å². The molecule has 0 saturated carbocycles. The van der Waals surface area contributed by atoms with Gasteiger partial charge in [-0.3, -0.25) is 14.2 Å². The molecule has 0 aliphatic carbocycles. The molecule has 0 spiro atoms. The Morgan fingerprint density at radius 2 is 1.92 bits per heavy atom. The predicted molar refractivity (Wildman–Crippen MR) is 94.2 cm³/mol. The number of hydrogen-bond acceptors (Lipinski definition) is 3. The number of hydrogen-bond donors (Lipinski definition) is 0. The van der Waals surface area contributed by atoms with Gasteiger partial charge in [0.05, 0.1) is 5.69 Å². The normalized spacial score (nSPS) is 11.0. The summed E-state index contributed by atoms with van der Waals surface area (Å²) in [7, 11) is 0. The van der Waals surface area contributed by atoms with Gasteiger partial charge in [0.25, 0.3) is 5.91 Å². The van der Waals surface area contributed by atoms with Crippen LogP contribution in [-0.4, -0.2) is 38.3 Å². The fraction of sp³-hybridized carbons (Fsp3) is 0.316. The van der Waals surface area contributed by atoms with E-state index in [2.05, 4.69) is 9.97 Å². The molecule has 3 heterocycles. The number of aryl methyl sites for hydroxylation is 2. The SMILES string of the molecule is CCN(CCc1ccncc1)C(=O)c1c(C)nc2ccc(C)cn12. The summed E-state index contributed by atoms with van der Waals surface area (Å²) in [5, 5.41) is 0. The molecule has 124 valence electrons. The van der Waals surface area contributed by atoms with Crippen LogP contribution in [0.5, 0.6) is 0 Å². The Kier molecular flexibility index (Phi) is 4.60. The molecule has 0 bridgehead atoms. The second-order valence-electron chi connectivity index (χ2n) is 5.97. The van der Waals surface area contributed by atoms with E-state index in [0.717, 1.165) is 23.3 Å². The molecule has 0 N–H and O–H groups in total. The average molecular weight is 322 g/mol. The molecule has 0 atom stereocenters. The number of amides is 1. The minimum Gasteiger partial charge on any atom is -0.337 e. The van der Waals surface area contributed by atoms with Crippen molar-refractivity contribution in [1.29, 1.82) is 0 Å². The van der Waals surface area contributed by atoms with Gasteiger partial charge in [0.2, 0.25) is 0 Å². The fourth-order valence-corrected chi connectivity index (χ4v) is 2.89. The third-order valence-electron chi connectivity index (χ3n) is 4.23. The summed E-state index contributed by atoms with van der Waals surface area (Å²) in [6.07, 6.45) is 6.35. The van der Waals surface area contributed by atoms with Crippen LogP contribution in [-0.2, 0) is 6.42 Å². The first-order chi connectivity index (χ1) is 11.6. The molecular formula is C19H22N4O. The van der Waals surface area contributed by atoms with E-state index in [1.807, 2.05) is 60.5 Å². The molecule has 0 aliphatic rings. The molecule has 0 aromatic carbocycles. The highest BCUT2D eigenvalue weighted by molar-refractivity contribution is 5.94. The van der Waals surface area contributed by atoms with Gasteiger partial charge in [-0.15, -0.1) is 0 Å². The topological polar surface area (TPSA) is 50.5 Å². The van der Waals surface area contributed by atoms with Gasteiger partial charge in [0.15, 0.2) is 0 Å². The van der Waals surface area contributed by atoms with Crippen LogP contribution in [0, 0.1) is 13.8 Å². The molecule has 0 fully saturated rings. The van der Waals surface area contributed by atoms with E-state index in [1.54, 1.807) is 12.4 Å². The minimum absolute atomic E-state index is 0.0298. The van der Waals surface area contributed by atoms with E-state index in [-0.39, 0.29) is 5.91 Å². The van der Waals surface area contributed by atoms with Crippen molar-refractivity contribution >= 4 is 11.6 Å². The van der Waals surface area contributed by atoms with Crippen molar-refractivity contribution in [2.24, 2.45) is 0 Å². The summed E-state index contributed by atoms with van der Waals surface area (Å²) in [5.74, 6) is 0.0298. The van der Waals surface area contributed by atoms with Gasteiger partial charge in [-0.05, 0) is 56.5 Å². The summed E-state index contributed by atoms with van der Waals surface area (Å²) >= 11 is 0. The maximum absolute atomic E-state index is 13.1. The standard InChI is InChI=1S/C19H22N4O/c1-4-22(12-9-16-7-10-20-11-8-16)19(24)18-15(3)21-17-6-5-14(2)13-23(17)18/h5-8,10-11,13H,4,9,12H2,1-3H3. The van der Waals surface area contributed by atoms with Crippen LogP contribution in [0.3, 0.4) is 0 Å². The molecular weight excluding hydrogens is 300 g/mol. The Morgan fingerprint density at radius 1 is 1.17 bits per heavy atom. The van der Waals surface area contributed by atoms with Crippen LogP contribution in [0.4, 0.5) is 0 Å². The van der Waals surface area contributed by atoms with Gasteiger partial charge in [-0.25, -0.2) is 4.98 Å². The van der Waals surface area contributed by atoms with Crippen molar-refractivity contribution in [2.75, 3.05) is 13.1 Å². The monoisotopic (exact) mass is 322 g/mol. The summed E-state index contributed by atoms with van der Waals surface area (Å²) in [4.78, 5) is 23.5. The van der Waals surface area contributed by atoms with Gasteiger partial charge in [-0.2, -0.15) is 0 Å². The molecule has 24 heavy (non-hydrogen) atoms. The fourth-order valence-electron chi connectivity index (χ4n) is 2.89. The Bertz CT molecular complexity index is 854. The van der Waals surface area contributed by atoms with E-state index >= 15 is 0 Å². The van der Waals surface area contributed by atoms with Crippen molar-refractivity contribution in [3.63, 3.8) is 0 Å². The first-order valence-corrected chi connectivity index (χ1v) is 8.23. The maximum Gasteiger partial charge on any atom is 0.272 e. The Labute approximate surface area is 142 Å². The lowest BCUT2D eigenvalue weighted by Gasteiger charge is -2.21. The number of pyridine rings is 2. The van der Waals surface area contributed by atoms with Crippen LogP contribution in [0.2, 0.25) is 0 Å². The second kappa shape index (κ2) is 6.83. The van der Waals surface area contributed by atoms with Gasteiger partial charge < -0.3 is 4.90 Å². The number of rotatable bonds is 5. The molecule has 0 radical (unpaired) electrons. The highest BCUT2D eigenvalue weighted by Crippen LogP contribution is 2.16. The zero-order valence-electron chi connectivity index (χ0n) is 14.4. The summed E-state index contributed by atoms with van der Waals surface area (Å²) < 4.78 is 1.90. The molecule has 0 unspecified atom stereocenters. The summed E-state index contributed by atoms with van der Waals surface area (Å²) in [5.41, 5.74) is 4.53. The Hall–Kier alpha value is -2.69. The first-order valence-electron chi connectivity index (χ1n) is 8.23. The molecule has 1 amide bonds. The largest absolute Gasteiger partial charge is 0.337 e. The lowest BCUT2D eigenvalue weighted by atomic mass is 10.2. The Balaban J connectivity index is 1.86. The van der Waals surface area contributed by atoms with Crippen LogP contribution < -0.4 is 0 Å².